The van der Waals surface area contributed by atoms with Gasteiger partial charge in [0, 0.05) is 4.88 Å². The Balaban J connectivity index is 1.67. The first-order valence-electron chi connectivity index (χ1n) is 8.81. The fourth-order valence-corrected chi connectivity index (χ4v) is 5.48. The van der Waals surface area contributed by atoms with Crippen molar-refractivity contribution in [2.45, 2.75) is 39.7 Å². The van der Waals surface area contributed by atoms with E-state index in [0.29, 0.717) is 18.0 Å². The van der Waals surface area contributed by atoms with E-state index in [0.717, 1.165) is 37.4 Å². The number of carbonyl (C=O) groups excluding carboxylic acids is 1. The number of likely N-dealkylation sites (N-methyl/N-ethyl adjacent to an activating group) is 1. The van der Waals surface area contributed by atoms with E-state index >= 15 is 0 Å². The van der Waals surface area contributed by atoms with Crippen molar-refractivity contribution in [3.63, 3.8) is 0 Å². The minimum Gasteiger partial charge on any atom is -0.323 e. The summed E-state index contributed by atoms with van der Waals surface area (Å²) in [6, 6.07) is 6.48. The second-order valence-corrected chi connectivity index (χ2v) is 8.89. The molecule has 2 atom stereocenters. The van der Waals surface area contributed by atoms with Gasteiger partial charge in [0.15, 0.2) is 6.54 Å². The maximum absolute atomic E-state index is 12.5. The van der Waals surface area contributed by atoms with E-state index in [2.05, 4.69) is 36.7 Å². The van der Waals surface area contributed by atoms with Crippen molar-refractivity contribution in [1.29, 1.82) is 5.26 Å². The summed E-state index contributed by atoms with van der Waals surface area (Å²) < 4.78 is 0. The lowest BCUT2D eigenvalue weighted by molar-refractivity contribution is -0.903. The van der Waals surface area contributed by atoms with Crippen LogP contribution in [0.4, 0.5) is 5.00 Å². The molecule has 6 heteroatoms. The number of rotatable bonds is 6. The molecule has 2 aromatic heterocycles. The lowest BCUT2D eigenvalue weighted by atomic mass is 9.89. The van der Waals surface area contributed by atoms with Crippen LogP contribution in [0.15, 0.2) is 17.5 Å². The molecule has 4 nitrogen and oxygen atoms in total. The number of anilines is 1. The van der Waals surface area contributed by atoms with Gasteiger partial charge in [0.05, 0.1) is 17.0 Å². The molecule has 0 aromatic carbocycles. The predicted molar refractivity (Wildman–Crippen MR) is 103 cm³/mol. The zero-order valence-corrected chi connectivity index (χ0v) is 16.4. The first-order chi connectivity index (χ1) is 12.1. The van der Waals surface area contributed by atoms with Crippen molar-refractivity contribution >= 4 is 33.6 Å². The van der Waals surface area contributed by atoms with Gasteiger partial charge in [-0.05, 0) is 49.1 Å². The molecule has 0 spiro atoms. The molecule has 0 saturated heterocycles. The van der Waals surface area contributed by atoms with Crippen molar-refractivity contribution in [1.82, 2.24) is 0 Å². The van der Waals surface area contributed by atoms with E-state index in [4.69, 9.17) is 0 Å². The Labute approximate surface area is 157 Å². The first-order valence-corrected chi connectivity index (χ1v) is 10.5. The number of thiophene rings is 2. The highest BCUT2D eigenvalue weighted by Gasteiger charge is 2.25. The number of hydrogen-bond donors (Lipinski definition) is 2. The van der Waals surface area contributed by atoms with E-state index in [1.165, 1.54) is 20.2 Å². The molecule has 2 heterocycles. The molecule has 1 amide bonds. The molecule has 0 radical (unpaired) electrons. The lowest BCUT2D eigenvalue weighted by Crippen LogP contribution is -3.11. The number of quaternary nitrogens is 1. The van der Waals surface area contributed by atoms with Crippen molar-refractivity contribution in [2.24, 2.45) is 5.92 Å². The second kappa shape index (κ2) is 8.13. The third-order valence-corrected chi connectivity index (χ3v) is 6.84. The second-order valence-electron chi connectivity index (χ2n) is 6.75. The Morgan fingerprint density at radius 1 is 1.52 bits per heavy atom. The third-order valence-electron chi connectivity index (χ3n) is 4.79. The smallest absolute Gasteiger partial charge is 0.280 e. The highest BCUT2D eigenvalue weighted by Crippen LogP contribution is 2.39. The number of nitrogens with one attached hydrogen (secondary N) is 2. The number of nitriles is 1. The van der Waals surface area contributed by atoms with Gasteiger partial charge < -0.3 is 10.2 Å². The maximum atomic E-state index is 12.5. The summed E-state index contributed by atoms with van der Waals surface area (Å²) >= 11 is 3.33. The van der Waals surface area contributed by atoms with E-state index in [9.17, 15) is 10.1 Å². The Kier molecular flexibility index (Phi) is 5.89. The van der Waals surface area contributed by atoms with Gasteiger partial charge in [0.1, 0.15) is 17.6 Å². The number of carbonyl (C=O) groups is 1. The van der Waals surface area contributed by atoms with Crippen LogP contribution in [0.25, 0.3) is 0 Å². The van der Waals surface area contributed by atoms with Crippen molar-refractivity contribution in [3.05, 3.63) is 38.4 Å². The molecule has 3 rings (SSSR count). The van der Waals surface area contributed by atoms with Crippen LogP contribution < -0.4 is 10.2 Å². The van der Waals surface area contributed by atoms with Crippen LogP contribution in [-0.4, -0.2) is 19.0 Å². The third kappa shape index (κ3) is 4.30. The summed E-state index contributed by atoms with van der Waals surface area (Å²) in [6.45, 7) is 6.54. The van der Waals surface area contributed by atoms with Gasteiger partial charge >= 0.3 is 0 Å². The highest BCUT2D eigenvalue weighted by molar-refractivity contribution is 7.16. The van der Waals surface area contributed by atoms with Crippen LogP contribution in [-0.2, 0) is 24.2 Å². The van der Waals surface area contributed by atoms with Crippen molar-refractivity contribution in [2.75, 3.05) is 18.4 Å². The molecule has 2 aromatic rings. The molecule has 1 unspecified atom stereocenters. The summed E-state index contributed by atoms with van der Waals surface area (Å²) in [7, 11) is 0. The van der Waals surface area contributed by atoms with Gasteiger partial charge in [-0.15, -0.1) is 22.7 Å². The molecule has 0 bridgehead atoms. The van der Waals surface area contributed by atoms with Gasteiger partial charge in [-0.1, -0.05) is 13.0 Å². The SMILES string of the molecule is CC[NH+](CC(=O)Nc1sc2c(c1C#N)CC[C@H](C)C2)Cc1cccs1. The average Bonchev–Trinajstić information content (AvgIpc) is 3.20. The zero-order valence-electron chi connectivity index (χ0n) is 14.7. The lowest BCUT2D eigenvalue weighted by Gasteiger charge is -2.17. The van der Waals surface area contributed by atoms with Gasteiger partial charge in [0.2, 0.25) is 0 Å². The van der Waals surface area contributed by atoms with Crippen LogP contribution >= 0.6 is 22.7 Å². The van der Waals surface area contributed by atoms with Crippen LogP contribution in [0.3, 0.4) is 0 Å². The monoisotopic (exact) mass is 374 g/mol. The largest absolute Gasteiger partial charge is 0.323 e. The number of nitrogens with zero attached hydrogens (tertiary/aromatic N) is 1. The van der Waals surface area contributed by atoms with Gasteiger partial charge in [-0.25, -0.2) is 0 Å². The van der Waals surface area contributed by atoms with E-state index < -0.39 is 0 Å². The molecule has 25 heavy (non-hydrogen) atoms. The molecule has 0 saturated carbocycles. The Morgan fingerprint density at radius 3 is 3.04 bits per heavy atom. The minimum absolute atomic E-state index is 0.00319. The normalized spacial score (nSPS) is 17.6. The Bertz CT molecular complexity index is 773. The van der Waals surface area contributed by atoms with Crippen LogP contribution in [0.5, 0.6) is 0 Å². The fourth-order valence-electron chi connectivity index (χ4n) is 3.33. The van der Waals surface area contributed by atoms with E-state index in [1.807, 2.05) is 6.07 Å². The molecule has 0 fully saturated rings. The molecule has 2 N–H and O–H groups in total. The molecule has 132 valence electrons. The summed E-state index contributed by atoms with van der Waals surface area (Å²) in [5.41, 5.74) is 1.86. The first kappa shape index (κ1) is 18.1. The Morgan fingerprint density at radius 2 is 2.36 bits per heavy atom. The van der Waals surface area contributed by atoms with Gasteiger partial charge in [0.25, 0.3) is 5.91 Å². The molecular weight excluding hydrogens is 350 g/mol. The standard InChI is InChI=1S/C19H23N3OS2/c1-3-22(11-14-5-4-8-24-14)12-18(23)21-19-16(10-20)15-7-6-13(2)9-17(15)25-19/h4-5,8,13H,3,6-7,9,11-12H2,1-2H3,(H,21,23)/p+1/t13-/m0/s1. The van der Waals surface area contributed by atoms with E-state index in [1.54, 1.807) is 22.7 Å². The summed E-state index contributed by atoms with van der Waals surface area (Å²) in [5.74, 6) is 0.656. The molecular formula is C19H24N3OS2+. The molecule has 1 aliphatic rings. The molecule has 1 aliphatic carbocycles. The van der Waals surface area contributed by atoms with Crippen LogP contribution in [0.2, 0.25) is 0 Å². The Hall–Kier alpha value is -1.68. The molecule has 0 aliphatic heterocycles. The summed E-state index contributed by atoms with van der Waals surface area (Å²) in [5, 5.41) is 15.4. The van der Waals surface area contributed by atoms with E-state index in [-0.39, 0.29) is 5.91 Å². The van der Waals surface area contributed by atoms with Gasteiger partial charge in [-0.2, -0.15) is 5.26 Å². The topological polar surface area (TPSA) is 57.3 Å². The van der Waals surface area contributed by atoms with Crippen molar-refractivity contribution in [3.8, 4) is 6.07 Å². The number of fused-ring (bicyclic) bond motifs is 1. The average molecular weight is 375 g/mol. The fraction of sp³-hybridized carbons (Fsp3) is 0.474. The van der Waals surface area contributed by atoms with Gasteiger partial charge in [-0.3, -0.25) is 4.79 Å². The maximum Gasteiger partial charge on any atom is 0.280 e. The van der Waals surface area contributed by atoms with Crippen molar-refractivity contribution < 1.29 is 9.69 Å². The van der Waals surface area contributed by atoms with Crippen LogP contribution in [0, 0.1) is 17.2 Å². The minimum atomic E-state index is -0.00319. The number of amides is 1. The number of hydrogen-bond acceptors (Lipinski definition) is 4. The summed E-state index contributed by atoms with van der Waals surface area (Å²) in [6.07, 6.45) is 3.10. The predicted octanol–water partition coefficient (Wildman–Crippen LogP) is 2.85. The highest BCUT2D eigenvalue weighted by atomic mass is 32.1. The quantitative estimate of drug-likeness (QED) is 0.817. The summed E-state index contributed by atoms with van der Waals surface area (Å²) in [4.78, 5) is 16.3. The van der Waals surface area contributed by atoms with Crippen LogP contribution in [0.1, 0.15) is 41.1 Å². The zero-order chi connectivity index (χ0) is 17.8.